The van der Waals surface area contributed by atoms with Gasteiger partial charge in [0, 0.05) is 13.1 Å². The Morgan fingerprint density at radius 2 is 2.06 bits per heavy atom. The molecule has 1 fully saturated rings. The molecule has 0 saturated carbocycles. The van der Waals surface area contributed by atoms with Gasteiger partial charge in [-0.05, 0) is 36.5 Å². The largest absolute Gasteiger partial charge is 0.392 e. The number of hydrogen-bond acceptors (Lipinski definition) is 2. The van der Waals surface area contributed by atoms with Gasteiger partial charge in [0.1, 0.15) is 5.82 Å². The van der Waals surface area contributed by atoms with Crippen molar-refractivity contribution >= 4 is 5.69 Å². The van der Waals surface area contributed by atoms with Gasteiger partial charge in [0.15, 0.2) is 0 Å². The van der Waals surface area contributed by atoms with E-state index in [1.165, 1.54) is 12.5 Å². The number of nitrogens with zero attached hydrogens (tertiary/aromatic N) is 1. The third-order valence-electron chi connectivity index (χ3n) is 3.73. The topological polar surface area (TPSA) is 23.5 Å². The molecule has 1 N–H and O–H groups in total. The smallest absolute Gasteiger partial charge is 0.146 e. The Bertz CT molecular complexity index is 372. The molecule has 0 spiro atoms. The van der Waals surface area contributed by atoms with Crippen molar-refractivity contribution in [1.82, 2.24) is 0 Å². The Morgan fingerprint density at radius 3 is 2.59 bits per heavy atom. The van der Waals surface area contributed by atoms with Crippen LogP contribution in [0.2, 0.25) is 0 Å². The van der Waals surface area contributed by atoms with Gasteiger partial charge in [0.05, 0.1) is 12.3 Å². The second-order valence-corrected chi connectivity index (χ2v) is 4.78. The highest BCUT2D eigenvalue weighted by Gasteiger charge is 2.20. The summed E-state index contributed by atoms with van der Waals surface area (Å²) in [7, 11) is 0. The quantitative estimate of drug-likeness (QED) is 0.873. The Hall–Kier alpha value is -1.09. The van der Waals surface area contributed by atoms with Gasteiger partial charge in [-0.2, -0.15) is 0 Å². The van der Waals surface area contributed by atoms with Crippen LogP contribution >= 0.6 is 0 Å². The highest BCUT2D eigenvalue weighted by molar-refractivity contribution is 5.49. The van der Waals surface area contributed by atoms with Gasteiger partial charge in [-0.25, -0.2) is 4.39 Å². The fourth-order valence-corrected chi connectivity index (χ4v) is 2.49. The molecule has 1 aromatic rings. The van der Waals surface area contributed by atoms with E-state index in [1.54, 1.807) is 12.1 Å². The highest BCUT2D eigenvalue weighted by atomic mass is 19.1. The Kier molecular flexibility index (Phi) is 4.00. The molecule has 94 valence electrons. The van der Waals surface area contributed by atoms with Gasteiger partial charge in [0.2, 0.25) is 0 Å². The molecule has 1 aliphatic heterocycles. The molecule has 17 heavy (non-hydrogen) atoms. The number of anilines is 1. The minimum Gasteiger partial charge on any atom is -0.392 e. The molecule has 1 heterocycles. The fraction of sp³-hybridized carbons (Fsp3) is 0.571. The maximum Gasteiger partial charge on any atom is 0.146 e. The van der Waals surface area contributed by atoms with E-state index in [2.05, 4.69) is 11.8 Å². The van der Waals surface area contributed by atoms with Crippen LogP contribution in [0.4, 0.5) is 10.1 Å². The number of aliphatic hydroxyl groups excluding tert-OH is 1. The third kappa shape index (κ3) is 2.78. The first kappa shape index (κ1) is 12.4. The number of aliphatic hydroxyl groups is 1. The first-order chi connectivity index (χ1) is 8.24. The standard InChI is InChI=1S/C14H20FNO/c1-2-11-5-7-16(8-6-11)14-4-3-12(10-17)9-13(14)15/h3-4,9,11,17H,2,5-8,10H2,1H3. The normalized spacial score (nSPS) is 17.5. The summed E-state index contributed by atoms with van der Waals surface area (Å²) in [6.45, 7) is 3.99. The molecule has 0 aliphatic carbocycles. The molecule has 0 unspecified atom stereocenters. The summed E-state index contributed by atoms with van der Waals surface area (Å²) in [6, 6.07) is 5.01. The Balaban J connectivity index is 2.08. The predicted octanol–water partition coefficient (Wildman–Crippen LogP) is 2.94. The van der Waals surface area contributed by atoms with Gasteiger partial charge >= 0.3 is 0 Å². The second-order valence-electron chi connectivity index (χ2n) is 4.78. The van der Waals surface area contributed by atoms with Crippen LogP contribution in [0.1, 0.15) is 31.7 Å². The SMILES string of the molecule is CCC1CCN(c2ccc(CO)cc2F)CC1. The highest BCUT2D eigenvalue weighted by Crippen LogP contribution is 2.27. The number of hydrogen-bond donors (Lipinski definition) is 1. The summed E-state index contributed by atoms with van der Waals surface area (Å²) in [5, 5.41) is 8.95. The van der Waals surface area contributed by atoms with Gasteiger partial charge in [0.25, 0.3) is 0 Å². The van der Waals surface area contributed by atoms with E-state index < -0.39 is 0 Å². The van der Waals surface area contributed by atoms with Gasteiger partial charge in [-0.3, -0.25) is 0 Å². The summed E-state index contributed by atoms with van der Waals surface area (Å²) in [6.07, 6.45) is 3.52. The van der Waals surface area contributed by atoms with Crippen LogP contribution in [0.5, 0.6) is 0 Å². The van der Waals surface area contributed by atoms with E-state index in [0.717, 1.165) is 31.8 Å². The lowest BCUT2D eigenvalue weighted by molar-refractivity contribution is 0.281. The van der Waals surface area contributed by atoms with Gasteiger partial charge in [-0.15, -0.1) is 0 Å². The molecule has 0 bridgehead atoms. The van der Waals surface area contributed by atoms with Crippen molar-refractivity contribution in [2.45, 2.75) is 32.8 Å². The molecule has 3 heteroatoms. The summed E-state index contributed by atoms with van der Waals surface area (Å²) < 4.78 is 13.8. The summed E-state index contributed by atoms with van der Waals surface area (Å²) in [5.74, 6) is 0.581. The lowest BCUT2D eigenvalue weighted by atomic mass is 9.94. The van der Waals surface area contributed by atoms with Crippen LogP contribution in [0.15, 0.2) is 18.2 Å². The van der Waals surface area contributed by atoms with E-state index >= 15 is 0 Å². The first-order valence-corrected chi connectivity index (χ1v) is 6.38. The molecule has 1 aromatic carbocycles. The van der Waals surface area contributed by atoms with Crippen molar-refractivity contribution < 1.29 is 9.50 Å². The number of halogens is 1. The zero-order chi connectivity index (χ0) is 12.3. The predicted molar refractivity (Wildman–Crippen MR) is 67.6 cm³/mol. The first-order valence-electron chi connectivity index (χ1n) is 6.38. The maximum atomic E-state index is 13.8. The van der Waals surface area contributed by atoms with Crippen LogP contribution in [0.25, 0.3) is 0 Å². The number of benzene rings is 1. The zero-order valence-corrected chi connectivity index (χ0v) is 10.3. The van der Waals surface area contributed by atoms with Crippen LogP contribution < -0.4 is 4.90 Å². The van der Waals surface area contributed by atoms with Crippen LogP contribution in [0, 0.1) is 11.7 Å². The van der Waals surface area contributed by atoms with Crippen molar-refractivity contribution in [1.29, 1.82) is 0 Å². The molecule has 0 amide bonds. The maximum absolute atomic E-state index is 13.8. The molecule has 0 radical (unpaired) electrons. The molecule has 2 rings (SSSR count). The minimum absolute atomic E-state index is 0.102. The van der Waals surface area contributed by atoms with E-state index in [4.69, 9.17) is 5.11 Å². The lowest BCUT2D eigenvalue weighted by Gasteiger charge is -2.33. The van der Waals surface area contributed by atoms with Crippen LogP contribution in [-0.4, -0.2) is 18.2 Å². The summed E-state index contributed by atoms with van der Waals surface area (Å²) >= 11 is 0. The number of piperidine rings is 1. The average Bonchev–Trinajstić information content (AvgIpc) is 2.39. The molecule has 2 nitrogen and oxygen atoms in total. The van der Waals surface area contributed by atoms with E-state index in [0.29, 0.717) is 11.3 Å². The number of rotatable bonds is 3. The van der Waals surface area contributed by atoms with Crippen LogP contribution in [0.3, 0.4) is 0 Å². The molecular weight excluding hydrogens is 217 g/mol. The van der Waals surface area contributed by atoms with Crippen molar-refractivity contribution in [3.05, 3.63) is 29.6 Å². The third-order valence-corrected chi connectivity index (χ3v) is 3.73. The fourth-order valence-electron chi connectivity index (χ4n) is 2.49. The van der Waals surface area contributed by atoms with Crippen molar-refractivity contribution in [2.75, 3.05) is 18.0 Å². The Labute approximate surface area is 102 Å². The second kappa shape index (κ2) is 5.50. The Morgan fingerprint density at radius 1 is 1.35 bits per heavy atom. The van der Waals surface area contributed by atoms with E-state index in [1.807, 2.05) is 0 Å². The van der Waals surface area contributed by atoms with Crippen molar-refractivity contribution in [2.24, 2.45) is 5.92 Å². The van der Waals surface area contributed by atoms with Crippen molar-refractivity contribution in [3.8, 4) is 0 Å². The van der Waals surface area contributed by atoms with E-state index in [-0.39, 0.29) is 12.4 Å². The molecular formula is C14H20FNO. The van der Waals surface area contributed by atoms with Crippen molar-refractivity contribution in [3.63, 3.8) is 0 Å². The van der Waals surface area contributed by atoms with Crippen LogP contribution in [-0.2, 0) is 6.61 Å². The van der Waals surface area contributed by atoms with E-state index in [9.17, 15) is 4.39 Å². The van der Waals surface area contributed by atoms with Gasteiger partial charge in [-0.1, -0.05) is 19.4 Å². The molecule has 1 aliphatic rings. The zero-order valence-electron chi connectivity index (χ0n) is 10.3. The summed E-state index contributed by atoms with van der Waals surface area (Å²) in [5.41, 5.74) is 1.31. The minimum atomic E-state index is -0.216. The van der Waals surface area contributed by atoms with Gasteiger partial charge < -0.3 is 10.0 Å². The molecule has 1 saturated heterocycles. The lowest BCUT2D eigenvalue weighted by Crippen LogP contribution is -2.34. The monoisotopic (exact) mass is 237 g/mol. The summed E-state index contributed by atoms with van der Waals surface area (Å²) in [4.78, 5) is 2.11. The molecule has 0 atom stereocenters. The average molecular weight is 237 g/mol. The molecule has 0 aromatic heterocycles.